The van der Waals surface area contributed by atoms with Crippen LogP contribution in [0.3, 0.4) is 0 Å². The van der Waals surface area contributed by atoms with Crippen LogP contribution in [0, 0.1) is 0 Å². The predicted octanol–water partition coefficient (Wildman–Crippen LogP) is 9.42. The zero-order chi connectivity index (χ0) is 25.9. The minimum Gasteiger partial charge on any atom is -0.413 e. The Hall–Kier alpha value is -3.24. The molecule has 0 spiro atoms. The van der Waals surface area contributed by atoms with Crippen molar-refractivity contribution < 1.29 is 9.53 Å². The molecule has 0 aliphatic carbocycles. The average Bonchev–Trinajstić information content (AvgIpc) is 2.89. The molecule has 3 heteroatoms. The largest absolute Gasteiger partial charge is 0.413 e. The molecule has 0 saturated heterocycles. The number of hydrogen-bond donors (Lipinski definition) is 1. The van der Waals surface area contributed by atoms with Crippen molar-refractivity contribution in [2.24, 2.45) is 0 Å². The molecule has 6 rings (SSSR count). The Bertz CT molecular complexity index is 1720. The van der Waals surface area contributed by atoms with Gasteiger partial charge in [0.25, 0.3) is 0 Å². The second kappa shape index (κ2) is 8.66. The van der Waals surface area contributed by atoms with E-state index in [4.69, 9.17) is 4.43 Å². The van der Waals surface area contributed by atoms with Crippen LogP contribution in [-0.2, 0) is 17.6 Å². The summed E-state index contributed by atoms with van der Waals surface area (Å²) in [6, 6.07) is 30.9. The molecule has 0 heterocycles. The van der Waals surface area contributed by atoms with Crippen LogP contribution < -0.4 is 0 Å². The van der Waals surface area contributed by atoms with Gasteiger partial charge in [0.05, 0.1) is 13.2 Å². The molecule has 6 aromatic carbocycles. The van der Waals surface area contributed by atoms with Crippen molar-refractivity contribution in [2.75, 3.05) is 0 Å². The summed E-state index contributed by atoms with van der Waals surface area (Å²) >= 11 is 0. The molecule has 0 aliphatic heterocycles. The van der Waals surface area contributed by atoms with Gasteiger partial charge in [-0.1, -0.05) is 93.6 Å². The quantitative estimate of drug-likeness (QED) is 0.144. The molecule has 0 atom stereocenters. The van der Waals surface area contributed by atoms with E-state index in [1.54, 1.807) is 0 Å². The maximum atomic E-state index is 10.1. The SMILES string of the molecule is CC(C)(C)[Si](C)(C)OCc1cc(CO)cc(-c2ccc3c4cccc5cccc(c6cccc2c63)c54)c1. The molecule has 0 radical (unpaired) electrons. The first kappa shape index (κ1) is 24.1. The zero-order valence-electron chi connectivity index (χ0n) is 22.4. The highest BCUT2D eigenvalue weighted by atomic mass is 28.4. The summed E-state index contributed by atoms with van der Waals surface area (Å²) in [6.07, 6.45) is 0. The van der Waals surface area contributed by atoms with Gasteiger partial charge in [-0.2, -0.15) is 0 Å². The number of aliphatic hydroxyl groups is 1. The van der Waals surface area contributed by atoms with Gasteiger partial charge in [-0.15, -0.1) is 0 Å². The Kier molecular flexibility index (Phi) is 5.65. The van der Waals surface area contributed by atoms with E-state index < -0.39 is 8.32 Å². The van der Waals surface area contributed by atoms with E-state index in [0.29, 0.717) is 6.61 Å². The van der Waals surface area contributed by atoms with Crippen LogP contribution in [0.1, 0.15) is 31.9 Å². The fourth-order valence-corrected chi connectivity index (χ4v) is 6.43. The average molecular weight is 503 g/mol. The first-order chi connectivity index (χ1) is 17.7. The highest BCUT2D eigenvalue weighted by molar-refractivity contribution is 6.74. The van der Waals surface area contributed by atoms with Crippen LogP contribution in [0.5, 0.6) is 0 Å². The fourth-order valence-electron chi connectivity index (χ4n) is 5.47. The van der Waals surface area contributed by atoms with Crippen molar-refractivity contribution in [3.8, 4) is 11.1 Å². The summed E-state index contributed by atoms with van der Waals surface area (Å²) in [4.78, 5) is 0. The summed E-state index contributed by atoms with van der Waals surface area (Å²) in [5.41, 5.74) is 4.35. The lowest BCUT2D eigenvalue weighted by molar-refractivity contribution is 0.272. The summed E-state index contributed by atoms with van der Waals surface area (Å²) in [6.45, 7) is 11.9. The molecule has 2 nitrogen and oxygen atoms in total. The first-order valence-electron chi connectivity index (χ1n) is 13.1. The summed E-state index contributed by atoms with van der Waals surface area (Å²) in [5.74, 6) is 0. The Morgan fingerprint density at radius 2 is 1.24 bits per heavy atom. The van der Waals surface area contributed by atoms with Crippen molar-refractivity contribution >= 4 is 51.4 Å². The molecule has 0 fully saturated rings. The third-order valence-corrected chi connectivity index (χ3v) is 13.0. The maximum absolute atomic E-state index is 10.1. The summed E-state index contributed by atoms with van der Waals surface area (Å²) in [5, 5.41) is 20.6. The van der Waals surface area contributed by atoms with Gasteiger partial charge in [-0.05, 0) is 95.6 Å². The molecular formula is C34H34O2Si. The van der Waals surface area contributed by atoms with E-state index in [1.165, 1.54) is 48.7 Å². The number of fused-ring (bicyclic) bond motifs is 2. The lowest BCUT2D eigenvalue weighted by Gasteiger charge is -2.36. The number of rotatable bonds is 5. The lowest BCUT2D eigenvalue weighted by atomic mass is 9.87. The highest BCUT2D eigenvalue weighted by Gasteiger charge is 2.37. The van der Waals surface area contributed by atoms with Gasteiger partial charge in [0, 0.05) is 0 Å². The topological polar surface area (TPSA) is 29.5 Å². The molecule has 0 aliphatic rings. The van der Waals surface area contributed by atoms with Crippen molar-refractivity contribution in [1.29, 1.82) is 0 Å². The molecular weight excluding hydrogens is 468 g/mol. The Labute approximate surface area is 220 Å². The smallest absolute Gasteiger partial charge is 0.192 e. The van der Waals surface area contributed by atoms with E-state index in [2.05, 4.69) is 119 Å². The number of hydrogen-bond acceptors (Lipinski definition) is 2. The molecule has 0 aromatic heterocycles. The van der Waals surface area contributed by atoms with Gasteiger partial charge >= 0.3 is 0 Å². The molecule has 1 N–H and O–H groups in total. The van der Waals surface area contributed by atoms with Crippen molar-refractivity contribution in [3.63, 3.8) is 0 Å². The number of benzene rings is 6. The fraction of sp³-hybridized carbons (Fsp3) is 0.235. The molecule has 0 saturated carbocycles. The standard InChI is InChI=1S/C34H34O2Si/c1-34(2,3)37(4,5)36-21-23-17-22(20-35)18-25(19-23)26-15-16-31-29-12-7-10-24-9-6-11-28(32(24)29)30-14-8-13-27(26)33(30)31/h6-19,35H,20-21H2,1-5H3. The lowest BCUT2D eigenvalue weighted by Crippen LogP contribution is -2.40. The Morgan fingerprint density at radius 3 is 1.89 bits per heavy atom. The minimum absolute atomic E-state index is 0.0115. The van der Waals surface area contributed by atoms with Gasteiger partial charge < -0.3 is 9.53 Å². The number of aliphatic hydroxyl groups excluding tert-OH is 1. The molecule has 186 valence electrons. The third-order valence-electron chi connectivity index (χ3n) is 8.48. The Morgan fingerprint density at radius 1 is 0.676 bits per heavy atom. The van der Waals surface area contributed by atoms with Crippen LogP contribution in [0.2, 0.25) is 18.1 Å². The van der Waals surface area contributed by atoms with Gasteiger partial charge in [0.2, 0.25) is 0 Å². The first-order valence-corrected chi connectivity index (χ1v) is 16.0. The van der Waals surface area contributed by atoms with E-state index >= 15 is 0 Å². The second-order valence-corrected chi connectivity index (χ2v) is 16.7. The van der Waals surface area contributed by atoms with E-state index in [0.717, 1.165) is 16.7 Å². The highest BCUT2D eigenvalue weighted by Crippen LogP contribution is 2.43. The van der Waals surface area contributed by atoms with Gasteiger partial charge in [0.1, 0.15) is 0 Å². The normalized spacial score (nSPS) is 12.9. The van der Waals surface area contributed by atoms with E-state index in [9.17, 15) is 5.11 Å². The van der Waals surface area contributed by atoms with Crippen LogP contribution in [-0.4, -0.2) is 13.4 Å². The molecule has 0 bridgehead atoms. The second-order valence-electron chi connectivity index (χ2n) is 11.8. The predicted molar refractivity (Wildman–Crippen MR) is 161 cm³/mol. The van der Waals surface area contributed by atoms with Crippen LogP contribution in [0.4, 0.5) is 0 Å². The summed E-state index contributed by atoms with van der Waals surface area (Å²) in [7, 11) is -1.89. The monoisotopic (exact) mass is 502 g/mol. The van der Waals surface area contributed by atoms with Crippen LogP contribution in [0.25, 0.3) is 54.2 Å². The molecule has 6 aromatic rings. The van der Waals surface area contributed by atoms with E-state index in [-0.39, 0.29) is 11.6 Å². The van der Waals surface area contributed by atoms with Crippen molar-refractivity contribution in [1.82, 2.24) is 0 Å². The summed E-state index contributed by atoms with van der Waals surface area (Å²) < 4.78 is 6.55. The van der Waals surface area contributed by atoms with E-state index in [1.807, 2.05) is 0 Å². The van der Waals surface area contributed by atoms with Gasteiger partial charge in [-0.25, -0.2) is 0 Å². The maximum Gasteiger partial charge on any atom is 0.192 e. The minimum atomic E-state index is -1.89. The molecule has 0 unspecified atom stereocenters. The van der Waals surface area contributed by atoms with Gasteiger partial charge in [0.15, 0.2) is 8.32 Å². The molecule has 37 heavy (non-hydrogen) atoms. The third kappa shape index (κ3) is 3.93. The van der Waals surface area contributed by atoms with Crippen LogP contribution >= 0.6 is 0 Å². The Balaban J connectivity index is 1.55. The van der Waals surface area contributed by atoms with Gasteiger partial charge in [-0.3, -0.25) is 0 Å². The van der Waals surface area contributed by atoms with Crippen LogP contribution in [0.15, 0.2) is 84.9 Å². The van der Waals surface area contributed by atoms with Crippen molar-refractivity contribution in [3.05, 3.63) is 96.1 Å². The zero-order valence-corrected chi connectivity index (χ0v) is 23.4. The molecule has 0 amide bonds. The van der Waals surface area contributed by atoms with Crippen molar-refractivity contribution in [2.45, 2.75) is 52.1 Å².